The highest BCUT2D eigenvalue weighted by atomic mass is 32.2. The van der Waals surface area contributed by atoms with Crippen LogP contribution in [0.1, 0.15) is 21.7 Å². The summed E-state index contributed by atoms with van der Waals surface area (Å²) in [4.78, 5) is 14.4. The second kappa shape index (κ2) is 7.90. The zero-order valence-corrected chi connectivity index (χ0v) is 16.8. The molecule has 2 aromatic carbocycles. The molecule has 0 spiro atoms. The molecule has 0 atom stereocenters. The van der Waals surface area contributed by atoms with Crippen LogP contribution in [0.4, 0.5) is 5.69 Å². The Kier molecular flexibility index (Phi) is 5.56. The van der Waals surface area contributed by atoms with Gasteiger partial charge in [0.1, 0.15) is 5.76 Å². The molecule has 0 saturated heterocycles. The van der Waals surface area contributed by atoms with Crippen LogP contribution in [0, 0.1) is 6.92 Å². The van der Waals surface area contributed by atoms with Crippen LogP contribution in [-0.4, -0.2) is 33.3 Å². The minimum Gasteiger partial charge on any atom is -0.467 e. The molecule has 0 saturated carbocycles. The van der Waals surface area contributed by atoms with Gasteiger partial charge in [-0.1, -0.05) is 18.2 Å². The average molecular weight is 398 g/mol. The Hall–Kier alpha value is -3.06. The van der Waals surface area contributed by atoms with Crippen LogP contribution >= 0.6 is 0 Å². The number of aryl methyl sites for hydroxylation is 1. The van der Waals surface area contributed by atoms with Crippen molar-refractivity contribution < 1.29 is 17.6 Å². The summed E-state index contributed by atoms with van der Waals surface area (Å²) >= 11 is 0. The second-order valence-electron chi connectivity index (χ2n) is 6.53. The molecular weight excluding hydrogens is 376 g/mol. The maximum atomic E-state index is 12.8. The Labute approximate surface area is 165 Å². The largest absolute Gasteiger partial charge is 0.467 e. The van der Waals surface area contributed by atoms with E-state index in [1.54, 1.807) is 79.7 Å². The van der Waals surface area contributed by atoms with Gasteiger partial charge < -0.3 is 9.32 Å². The quantitative estimate of drug-likeness (QED) is 0.635. The van der Waals surface area contributed by atoms with E-state index in [0.29, 0.717) is 29.1 Å². The number of sulfonamides is 1. The number of carbonyl (C=O) groups excluding carboxylic acids is 1. The molecule has 28 heavy (non-hydrogen) atoms. The molecule has 0 aliphatic rings. The van der Waals surface area contributed by atoms with Gasteiger partial charge in [0.15, 0.2) is 0 Å². The summed E-state index contributed by atoms with van der Waals surface area (Å²) in [5.74, 6) is 0.525. The maximum absolute atomic E-state index is 12.8. The monoisotopic (exact) mass is 398 g/mol. The van der Waals surface area contributed by atoms with Crippen LogP contribution in [0.15, 0.2) is 76.2 Å². The molecule has 0 fully saturated rings. The van der Waals surface area contributed by atoms with Gasteiger partial charge >= 0.3 is 0 Å². The van der Waals surface area contributed by atoms with Gasteiger partial charge in [0, 0.05) is 19.7 Å². The normalized spacial score (nSPS) is 11.2. The standard InChI is InChI=1S/C21H22N2O4S/c1-16-14-17(21(24)22(2)15-18-8-7-13-27-18)11-12-20(16)23(3)28(25,26)19-9-5-4-6-10-19/h4-14H,15H2,1-3H3. The Bertz CT molecular complexity index is 1060. The lowest BCUT2D eigenvalue weighted by molar-refractivity contribution is 0.0775. The van der Waals surface area contributed by atoms with E-state index >= 15 is 0 Å². The summed E-state index contributed by atoms with van der Waals surface area (Å²) in [6.07, 6.45) is 1.57. The van der Waals surface area contributed by atoms with E-state index in [1.165, 1.54) is 11.4 Å². The fraction of sp³-hybridized carbons (Fsp3) is 0.190. The molecular formula is C21H22N2O4S. The van der Waals surface area contributed by atoms with Gasteiger partial charge in [-0.2, -0.15) is 0 Å². The number of rotatable bonds is 6. The highest BCUT2D eigenvalue weighted by molar-refractivity contribution is 7.92. The van der Waals surface area contributed by atoms with E-state index in [1.807, 2.05) is 6.07 Å². The molecule has 1 heterocycles. The lowest BCUT2D eigenvalue weighted by Crippen LogP contribution is -2.28. The minimum absolute atomic E-state index is 0.167. The third-order valence-corrected chi connectivity index (χ3v) is 6.29. The molecule has 1 aromatic heterocycles. The number of nitrogens with zero attached hydrogens (tertiary/aromatic N) is 2. The van der Waals surface area contributed by atoms with Crippen molar-refractivity contribution in [3.63, 3.8) is 0 Å². The molecule has 0 unspecified atom stereocenters. The Balaban J connectivity index is 1.83. The van der Waals surface area contributed by atoms with Gasteiger partial charge in [0.2, 0.25) is 0 Å². The van der Waals surface area contributed by atoms with Crippen molar-refractivity contribution >= 4 is 21.6 Å². The zero-order valence-electron chi connectivity index (χ0n) is 16.0. The van der Waals surface area contributed by atoms with Crippen LogP contribution in [0.3, 0.4) is 0 Å². The molecule has 0 bridgehead atoms. The topological polar surface area (TPSA) is 70.8 Å². The molecule has 3 rings (SSSR count). The first-order valence-corrected chi connectivity index (χ1v) is 10.2. The first kappa shape index (κ1) is 19.7. The summed E-state index contributed by atoms with van der Waals surface area (Å²) in [6, 6.07) is 16.8. The Morgan fingerprint density at radius 1 is 1.00 bits per heavy atom. The van der Waals surface area contributed by atoms with Gasteiger partial charge in [-0.25, -0.2) is 8.42 Å². The van der Waals surface area contributed by atoms with Crippen molar-refractivity contribution in [1.82, 2.24) is 4.90 Å². The van der Waals surface area contributed by atoms with E-state index in [4.69, 9.17) is 4.42 Å². The van der Waals surface area contributed by atoms with Crippen LogP contribution in [0.25, 0.3) is 0 Å². The lowest BCUT2D eigenvalue weighted by atomic mass is 10.1. The molecule has 0 N–H and O–H groups in total. The number of furan rings is 1. The van der Waals surface area contributed by atoms with Gasteiger partial charge in [-0.3, -0.25) is 9.10 Å². The van der Waals surface area contributed by atoms with Crippen LogP contribution < -0.4 is 4.31 Å². The van der Waals surface area contributed by atoms with E-state index in [0.717, 1.165) is 0 Å². The molecule has 0 radical (unpaired) electrons. The molecule has 146 valence electrons. The smallest absolute Gasteiger partial charge is 0.264 e. The fourth-order valence-electron chi connectivity index (χ4n) is 2.95. The first-order valence-electron chi connectivity index (χ1n) is 8.73. The van der Waals surface area contributed by atoms with Crippen molar-refractivity contribution in [2.24, 2.45) is 0 Å². The molecule has 0 aliphatic carbocycles. The maximum Gasteiger partial charge on any atom is 0.264 e. The van der Waals surface area contributed by atoms with E-state index in [-0.39, 0.29) is 10.8 Å². The number of amides is 1. The van der Waals surface area contributed by atoms with Crippen molar-refractivity contribution in [2.45, 2.75) is 18.4 Å². The number of anilines is 1. The Morgan fingerprint density at radius 3 is 2.32 bits per heavy atom. The first-order chi connectivity index (χ1) is 13.3. The highest BCUT2D eigenvalue weighted by Crippen LogP contribution is 2.26. The van der Waals surface area contributed by atoms with Crippen molar-refractivity contribution in [3.05, 3.63) is 83.8 Å². The molecule has 1 amide bonds. The molecule has 0 aliphatic heterocycles. The molecule has 3 aromatic rings. The number of carbonyl (C=O) groups is 1. The van der Waals surface area contributed by atoms with Gasteiger partial charge in [-0.05, 0) is 55.0 Å². The van der Waals surface area contributed by atoms with E-state index in [2.05, 4.69) is 0 Å². The lowest BCUT2D eigenvalue weighted by Gasteiger charge is -2.22. The van der Waals surface area contributed by atoms with Gasteiger partial charge in [0.25, 0.3) is 15.9 Å². The number of hydrogen-bond donors (Lipinski definition) is 0. The summed E-state index contributed by atoms with van der Waals surface area (Å²) in [7, 11) is -0.469. The van der Waals surface area contributed by atoms with Crippen molar-refractivity contribution in [2.75, 3.05) is 18.4 Å². The number of hydrogen-bond acceptors (Lipinski definition) is 4. The number of benzene rings is 2. The zero-order chi connectivity index (χ0) is 20.3. The van der Waals surface area contributed by atoms with Crippen molar-refractivity contribution in [3.8, 4) is 0 Å². The predicted molar refractivity (Wildman–Crippen MR) is 108 cm³/mol. The summed E-state index contributed by atoms with van der Waals surface area (Å²) < 4.78 is 32.2. The molecule has 7 heteroatoms. The Morgan fingerprint density at radius 2 is 1.71 bits per heavy atom. The van der Waals surface area contributed by atoms with E-state index < -0.39 is 10.0 Å². The average Bonchev–Trinajstić information content (AvgIpc) is 3.20. The third kappa shape index (κ3) is 3.94. The van der Waals surface area contributed by atoms with Crippen LogP contribution in [0.5, 0.6) is 0 Å². The summed E-state index contributed by atoms with van der Waals surface area (Å²) in [5.41, 5.74) is 1.70. The predicted octanol–water partition coefficient (Wildman–Crippen LogP) is 3.69. The van der Waals surface area contributed by atoms with Gasteiger partial charge in [-0.15, -0.1) is 0 Å². The third-order valence-electron chi connectivity index (χ3n) is 4.50. The van der Waals surface area contributed by atoms with Gasteiger partial charge in [0.05, 0.1) is 23.4 Å². The molecule has 6 nitrogen and oxygen atoms in total. The SMILES string of the molecule is Cc1cc(C(=O)N(C)Cc2ccco2)ccc1N(C)S(=O)(=O)c1ccccc1. The highest BCUT2D eigenvalue weighted by Gasteiger charge is 2.23. The summed E-state index contributed by atoms with van der Waals surface area (Å²) in [6.45, 7) is 2.14. The van der Waals surface area contributed by atoms with E-state index in [9.17, 15) is 13.2 Å². The summed E-state index contributed by atoms with van der Waals surface area (Å²) in [5, 5.41) is 0. The van der Waals surface area contributed by atoms with Crippen LogP contribution in [0.2, 0.25) is 0 Å². The fourth-order valence-corrected chi connectivity index (χ4v) is 4.23. The van der Waals surface area contributed by atoms with Crippen molar-refractivity contribution in [1.29, 1.82) is 0 Å². The van der Waals surface area contributed by atoms with Crippen LogP contribution in [-0.2, 0) is 16.6 Å². The second-order valence-corrected chi connectivity index (χ2v) is 8.50. The minimum atomic E-state index is -3.67.